The maximum absolute atomic E-state index is 11.2. The zero-order valence-electron chi connectivity index (χ0n) is 10.6. The van der Waals surface area contributed by atoms with Crippen LogP contribution in [0.3, 0.4) is 0 Å². The molecule has 1 rings (SSSR count). The molecule has 2 amide bonds. The van der Waals surface area contributed by atoms with Crippen LogP contribution < -0.4 is 15.5 Å². The number of amides is 2. The van der Waals surface area contributed by atoms with Crippen LogP contribution in [0.2, 0.25) is 0 Å². The number of ether oxygens (including phenoxy) is 1. The Hall–Kier alpha value is -1.89. The van der Waals surface area contributed by atoms with E-state index in [1.165, 1.54) is 6.21 Å². The highest BCUT2D eigenvalue weighted by atomic mass is 79.9. The second kappa shape index (κ2) is 7.52. The van der Waals surface area contributed by atoms with Crippen molar-refractivity contribution in [3.8, 4) is 5.75 Å². The van der Waals surface area contributed by atoms with Gasteiger partial charge in [0.2, 0.25) is 0 Å². The Bertz CT molecular complexity index is 503. The Morgan fingerprint density at radius 2 is 2.16 bits per heavy atom. The average molecular weight is 328 g/mol. The number of nitrogens with one attached hydrogen (secondary N) is 2. The fourth-order valence-electron chi connectivity index (χ4n) is 1.22. The van der Waals surface area contributed by atoms with Gasteiger partial charge < -0.3 is 10.1 Å². The summed E-state index contributed by atoms with van der Waals surface area (Å²) in [6.07, 6.45) is 1.43. The summed E-state index contributed by atoms with van der Waals surface area (Å²) < 4.78 is 5.86. The summed E-state index contributed by atoms with van der Waals surface area (Å²) in [4.78, 5) is 22.3. The molecule has 0 saturated heterocycles. The first-order valence-corrected chi connectivity index (χ1v) is 6.32. The normalized spacial score (nSPS) is 10.3. The molecule has 1 aromatic rings. The lowest BCUT2D eigenvalue weighted by atomic mass is 10.2. The van der Waals surface area contributed by atoms with Crippen LogP contribution in [0.1, 0.15) is 12.5 Å². The monoisotopic (exact) mass is 327 g/mol. The van der Waals surface area contributed by atoms with Crippen molar-refractivity contribution in [1.29, 1.82) is 0 Å². The van der Waals surface area contributed by atoms with Crippen LogP contribution in [0, 0.1) is 0 Å². The molecule has 0 aliphatic rings. The molecule has 0 aliphatic heterocycles. The molecule has 0 aliphatic carbocycles. The molecule has 0 fully saturated rings. The van der Waals surface area contributed by atoms with Gasteiger partial charge in [-0.15, -0.1) is 0 Å². The highest BCUT2D eigenvalue weighted by molar-refractivity contribution is 9.10. The Balaban J connectivity index is 2.60. The minimum absolute atomic E-state index is 0.390. The van der Waals surface area contributed by atoms with Crippen molar-refractivity contribution in [3.63, 3.8) is 0 Å². The molecular weight excluding hydrogens is 314 g/mol. The third-order valence-electron chi connectivity index (χ3n) is 2.10. The van der Waals surface area contributed by atoms with Crippen LogP contribution in [0.5, 0.6) is 5.75 Å². The highest BCUT2D eigenvalue weighted by Crippen LogP contribution is 2.24. The maximum Gasteiger partial charge on any atom is 0.329 e. The quantitative estimate of drug-likeness (QED) is 0.492. The van der Waals surface area contributed by atoms with Crippen molar-refractivity contribution in [2.45, 2.75) is 6.92 Å². The molecular formula is C12H14BrN3O3. The van der Waals surface area contributed by atoms with Gasteiger partial charge in [-0.2, -0.15) is 5.10 Å². The molecule has 0 heterocycles. The van der Waals surface area contributed by atoms with E-state index in [4.69, 9.17) is 4.74 Å². The summed E-state index contributed by atoms with van der Waals surface area (Å²) >= 11 is 3.33. The van der Waals surface area contributed by atoms with Gasteiger partial charge in [-0.1, -0.05) is 0 Å². The Morgan fingerprint density at radius 3 is 2.74 bits per heavy atom. The van der Waals surface area contributed by atoms with Crippen LogP contribution in [-0.4, -0.2) is 31.7 Å². The number of carbonyl (C=O) groups is 2. The van der Waals surface area contributed by atoms with E-state index >= 15 is 0 Å². The van der Waals surface area contributed by atoms with E-state index in [9.17, 15) is 9.59 Å². The predicted octanol–water partition coefficient (Wildman–Crippen LogP) is 1.04. The van der Waals surface area contributed by atoms with Crippen molar-refractivity contribution in [3.05, 3.63) is 28.2 Å². The molecule has 1 aromatic carbocycles. The zero-order chi connectivity index (χ0) is 14.3. The van der Waals surface area contributed by atoms with Crippen LogP contribution >= 0.6 is 15.9 Å². The first-order chi connectivity index (χ1) is 9.08. The number of rotatable bonds is 4. The third-order valence-corrected chi connectivity index (χ3v) is 2.72. The molecule has 19 heavy (non-hydrogen) atoms. The number of carbonyl (C=O) groups excluding carboxylic acids is 2. The average Bonchev–Trinajstić information content (AvgIpc) is 2.39. The molecule has 0 saturated carbocycles. The van der Waals surface area contributed by atoms with Crippen molar-refractivity contribution in [2.75, 3.05) is 13.7 Å². The molecule has 7 heteroatoms. The summed E-state index contributed by atoms with van der Waals surface area (Å²) in [6.45, 7) is 2.12. The highest BCUT2D eigenvalue weighted by Gasteiger charge is 2.10. The number of likely N-dealkylation sites (N-methyl/N-ethyl adjacent to an activating group) is 1. The number of nitrogens with zero attached hydrogens (tertiary/aromatic N) is 1. The van der Waals surface area contributed by atoms with Crippen LogP contribution in [0.4, 0.5) is 0 Å². The molecule has 0 aromatic heterocycles. The van der Waals surface area contributed by atoms with Gasteiger partial charge in [0, 0.05) is 6.54 Å². The first-order valence-electron chi connectivity index (χ1n) is 5.53. The summed E-state index contributed by atoms with van der Waals surface area (Å²) in [5, 5.41) is 6.06. The van der Waals surface area contributed by atoms with E-state index in [1.54, 1.807) is 32.2 Å². The molecule has 0 atom stereocenters. The standard InChI is InChI=1S/C12H14BrN3O3/c1-3-14-11(17)12(18)16-15-7-8-4-5-10(19-2)9(13)6-8/h4-7H,3H2,1-2H3,(H,14,17)(H,16,18)/b15-7-. The van der Waals surface area contributed by atoms with E-state index in [0.29, 0.717) is 12.3 Å². The van der Waals surface area contributed by atoms with Crippen LogP contribution in [0.25, 0.3) is 0 Å². The summed E-state index contributed by atoms with van der Waals surface area (Å²) in [6, 6.07) is 5.31. The van der Waals surface area contributed by atoms with E-state index in [0.717, 1.165) is 10.0 Å². The van der Waals surface area contributed by atoms with E-state index in [-0.39, 0.29) is 0 Å². The van der Waals surface area contributed by atoms with Gasteiger partial charge in [0.05, 0.1) is 17.8 Å². The predicted molar refractivity (Wildman–Crippen MR) is 75.1 cm³/mol. The molecule has 6 nitrogen and oxygen atoms in total. The smallest absolute Gasteiger partial charge is 0.329 e. The van der Waals surface area contributed by atoms with E-state index in [1.807, 2.05) is 0 Å². The number of hydrogen-bond donors (Lipinski definition) is 2. The van der Waals surface area contributed by atoms with Crippen molar-refractivity contribution in [1.82, 2.24) is 10.7 Å². The van der Waals surface area contributed by atoms with Gasteiger partial charge >= 0.3 is 11.8 Å². The summed E-state index contributed by atoms with van der Waals surface area (Å²) in [7, 11) is 1.57. The lowest BCUT2D eigenvalue weighted by molar-refractivity contribution is -0.139. The number of hydrazone groups is 1. The summed E-state index contributed by atoms with van der Waals surface area (Å²) in [5.41, 5.74) is 2.89. The Kier molecular flexibility index (Phi) is 6.01. The van der Waals surface area contributed by atoms with Gasteiger partial charge in [-0.3, -0.25) is 9.59 Å². The molecule has 0 radical (unpaired) electrons. The minimum atomic E-state index is -0.800. The molecule has 0 spiro atoms. The molecule has 0 unspecified atom stereocenters. The second-order valence-corrected chi connectivity index (χ2v) is 4.31. The van der Waals surface area contributed by atoms with Gasteiger partial charge in [-0.05, 0) is 46.6 Å². The lowest BCUT2D eigenvalue weighted by Crippen LogP contribution is -2.37. The topological polar surface area (TPSA) is 79.8 Å². The first kappa shape index (κ1) is 15.2. The molecule has 102 valence electrons. The van der Waals surface area contributed by atoms with Gasteiger partial charge in [-0.25, -0.2) is 5.43 Å². The second-order valence-electron chi connectivity index (χ2n) is 3.45. The van der Waals surface area contributed by atoms with Gasteiger partial charge in [0.25, 0.3) is 0 Å². The SMILES string of the molecule is CCNC(=O)C(=O)N/N=C\c1ccc(OC)c(Br)c1. The van der Waals surface area contributed by atoms with E-state index < -0.39 is 11.8 Å². The Labute approximate surface area is 119 Å². The third kappa shape index (κ3) is 4.70. The van der Waals surface area contributed by atoms with Crippen molar-refractivity contribution >= 4 is 34.0 Å². The van der Waals surface area contributed by atoms with Crippen LogP contribution in [0.15, 0.2) is 27.8 Å². The lowest BCUT2D eigenvalue weighted by Gasteiger charge is -2.03. The number of hydrogen-bond acceptors (Lipinski definition) is 4. The zero-order valence-corrected chi connectivity index (χ0v) is 12.2. The van der Waals surface area contributed by atoms with Crippen molar-refractivity contribution < 1.29 is 14.3 Å². The van der Waals surface area contributed by atoms with Gasteiger partial charge in [0.15, 0.2) is 0 Å². The van der Waals surface area contributed by atoms with Crippen LogP contribution in [-0.2, 0) is 9.59 Å². The fraction of sp³-hybridized carbons (Fsp3) is 0.250. The fourth-order valence-corrected chi connectivity index (χ4v) is 1.78. The molecule has 0 bridgehead atoms. The van der Waals surface area contributed by atoms with E-state index in [2.05, 4.69) is 31.8 Å². The number of benzene rings is 1. The van der Waals surface area contributed by atoms with Gasteiger partial charge in [0.1, 0.15) is 5.75 Å². The summed E-state index contributed by atoms with van der Waals surface area (Å²) in [5.74, 6) is -0.815. The minimum Gasteiger partial charge on any atom is -0.496 e. The largest absolute Gasteiger partial charge is 0.496 e. The molecule has 2 N–H and O–H groups in total. The number of halogens is 1. The Morgan fingerprint density at radius 1 is 1.42 bits per heavy atom. The maximum atomic E-state index is 11.2. The van der Waals surface area contributed by atoms with Crippen molar-refractivity contribution in [2.24, 2.45) is 5.10 Å². The number of methoxy groups -OCH3 is 1.